The predicted octanol–water partition coefficient (Wildman–Crippen LogP) is 3.25. The molecule has 1 aromatic heterocycles. The van der Waals surface area contributed by atoms with Crippen LogP contribution >= 0.6 is 0 Å². The molecular formula is C23H24N4O. The van der Waals surface area contributed by atoms with Crippen molar-refractivity contribution in [3.63, 3.8) is 0 Å². The fraction of sp³-hybridized carbons (Fsp3) is 0.304. The second-order valence-corrected chi connectivity index (χ2v) is 7.95. The number of benzene rings is 2. The Morgan fingerprint density at radius 3 is 2.50 bits per heavy atom. The van der Waals surface area contributed by atoms with Gasteiger partial charge in [-0.15, -0.1) is 0 Å². The highest BCUT2D eigenvalue weighted by Crippen LogP contribution is 2.44. The summed E-state index contributed by atoms with van der Waals surface area (Å²) in [5, 5.41) is 0. The average molecular weight is 372 g/mol. The lowest BCUT2D eigenvalue weighted by atomic mass is 9.90. The SMILES string of the molecule is CN1C[C@H]2CN(C(=O)c3ccc(-n4ccnc4)cc3)C[C@H]2[C@@H]1c1ccccc1. The number of fused-ring (bicyclic) bond motifs is 1. The first-order chi connectivity index (χ1) is 13.7. The molecule has 0 bridgehead atoms. The number of aromatic nitrogens is 2. The minimum Gasteiger partial charge on any atom is -0.338 e. The number of amides is 1. The van der Waals surface area contributed by atoms with E-state index in [9.17, 15) is 4.79 Å². The van der Waals surface area contributed by atoms with Gasteiger partial charge in [-0.05, 0) is 42.8 Å². The van der Waals surface area contributed by atoms with E-state index in [2.05, 4.69) is 47.3 Å². The van der Waals surface area contributed by atoms with Crippen molar-refractivity contribution in [3.05, 3.63) is 84.4 Å². The van der Waals surface area contributed by atoms with Crippen LogP contribution in [0.4, 0.5) is 0 Å². The van der Waals surface area contributed by atoms with Crippen LogP contribution in [0.1, 0.15) is 22.0 Å². The van der Waals surface area contributed by atoms with Gasteiger partial charge in [-0.1, -0.05) is 30.3 Å². The highest BCUT2D eigenvalue weighted by atomic mass is 16.2. The van der Waals surface area contributed by atoms with Gasteiger partial charge >= 0.3 is 0 Å². The molecule has 5 heteroatoms. The van der Waals surface area contributed by atoms with E-state index >= 15 is 0 Å². The van der Waals surface area contributed by atoms with E-state index in [-0.39, 0.29) is 5.91 Å². The van der Waals surface area contributed by atoms with Gasteiger partial charge in [0, 0.05) is 55.2 Å². The molecule has 5 rings (SSSR count). The Balaban J connectivity index is 1.33. The van der Waals surface area contributed by atoms with Crippen LogP contribution in [0, 0.1) is 11.8 Å². The minimum absolute atomic E-state index is 0.140. The standard InChI is InChI=1S/C23H24N4O/c1-25-13-19-14-27(15-21(19)22(25)17-5-3-2-4-6-17)23(28)18-7-9-20(10-8-18)26-12-11-24-16-26/h2-12,16,19,21-22H,13-15H2,1H3/t19-,21+,22-/m0/s1. The third kappa shape index (κ3) is 2.92. The molecule has 2 aliphatic heterocycles. The predicted molar refractivity (Wildman–Crippen MR) is 108 cm³/mol. The molecule has 28 heavy (non-hydrogen) atoms. The summed E-state index contributed by atoms with van der Waals surface area (Å²) in [4.78, 5) is 21.7. The summed E-state index contributed by atoms with van der Waals surface area (Å²) >= 11 is 0. The molecule has 142 valence electrons. The summed E-state index contributed by atoms with van der Waals surface area (Å²) in [6.07, 6.45) is 5.42. The molecule has 2 saturated heterocycles. The molecule has 1 amide bonds. The quantitative estimate of drug-likeness (QED) is 0.709. The molecule has 0 unspecified atom stereocenters. The summed E-state index contributed by atoms with van der Waals surface area (Å²) in [6.45, 7) is 2.73. The fourth-order valence-electron chi connectivity index (χ4n) is 4.95. The van der Waals surface area contributed by atoms with Crippen molar-refractivity contribution in [3.8, 4) is 5.69 Å². The van der Waals surface area contributed by atoms with Gasteiger partial charge in [0.1, 0.15) is 0 Å². The Kier molecular flexibility index (Phi) is 4.24. The van der Waals surface area contributed by atoms with Crippen molar-refractivity contribution < 1.29 is 4.79 Å². The fourth-order valence-corrected chi connectivity index (χ4v) is 4.95. The van der Waals surface area contributed by atoms with Crippen LogP contribution < -0.4 is 0 Å². The smallest absolute Gasteiger partial charge is 0.253 e. The van der Waals surface area contributed by atoms with E-state index < -0.39 is 0 Å². The topological polar surface area (TPSA) is 41.4 Å². The number of imidazole rings is 1. The number of hydrogen-bond donors (Lipinski definition) is 0. The second kappa shape index (κ2) is 6.91. The third-order valence-electron chi connectivity index (χ3n) is 6.24. The molecule has 0 saturated carbocycles. The van der Waals surface area contributed by atoms with Crippen molar-refractivity contribution >= 4 is 5.91 Å². The van der Waals surface area contributed by atoms with Crippen molar-refractivity contribution in [2.45, 2.75) is 6.04 Å². The van der Waals surface area contributed by atoms with E-state index in [0.29, 0.717) is 17.9 Å². The van der Waals surface area contributed by atoms with E-state index in [4.69, 9.17) is 0 Å². The highest BCUT2D eigenvalue weighted by Gasteiger charge is 2.47. The van der Waals surface area contributed by atoms with Gasteiger partial charge in [0.2, 0.25) is 0 Å². The Bertz CT molecular complexity index is 952. The summed E-state index contributed by atoms with van der Waals surface area (Å²) in [7, 11) is 2.21. The molecule has 3 atom stereocenters. The molecule has 0 radical (unpaired) electrons. The van der Waals surface area contributed by atoms with Crippen LogP contribution in [0.3, 0.4) is 0 Å². The van der Waals surface area contributed by atoms with Crippen LogP contribution in [0.25, 0.3) is 5.69 Å². The molecule has 0 aliphatic carbocycles. The molecule has 3 aromatic rings. The van der Waals surface area contributed by atoms with Crippen molar-refractivity contribution in [2.24, 2.45) is 11.8 Å². The lowest BCUT2D eigenvalue weighted by Crippen LogP contribution is -2.33. The number of carbonyl (C=O) groups is 1. The van der Waals surface area contributed by atoms with Crippen LogP contribution in [0.5, 0.6) is 0 Å². The normalized spacial score (nSPS) is 24.5. The van der Waals surface area contributed by atoms with Gasteiger partial charge < -0.3 is 9.47 Å². The van der Waals surface area contributed by atoms with Crippen molar-refractivity contribution in [1.29, 1.82) is 0 Å². The Hall–Kier alpha value is -2.92. The Labute approximate surface area is 165 Å². The molecule has 2 aliphatic rings. The second-order valence-electron chi connectivity index (χ2n) is 7.95. The van der Waals surface area contributed by atoms with Gasteiger partial charge in [0.05, 0.1) is 6.33 Å². The van der Waals surface area contributed by atoms with Gasteiger partial charge in [-0.25, -0.2) is 4.98 Å². The lowest BCUT2D eigenvalue weighted by molar-refractivity contribution is 0.0768. The van der Waals surface area contributed by atoms with Crippen molar-refractivity contribution in [1.82, 2.24) is 19.4 Å². The zero-order valence-electron chi connectivity index (χ0n) is 16.0. The van der Waals surface area contributed by atoms with Crippen LogP contribution in [-0.2, 0) is 0 Å². The molecule has 0 N–H and O–H groups in total. The van der Waals surface area contributed by atoms with Gasteiger partial charge in [0.15, 0.2) is 0 Å². The number of rotatable bonds is 3. The molecular weight excluding hydrogens is 348 g/mol. The number of carbonyl (C=O) groups excluding carboxylic acids is 1. The molecule has 2 aromatic carbocycles. The van der Waals surface area contributed by atoms with Crippen LogP contribution in [0.15, 0.2) is 73.3 Å². The number of hydrogen-bond acceptors (Lipinski definition) is 3. The average Bonchev–Trinajstić information content (AvgIpc) is 3.44. The first-order valence-electron chi connectivity index (χ1n) is 9.83. The maximum Gasteiger partial charge on any atom is 0.253 e. The third-order valence-corrected chi connectivity index (χ3v) is 6.24. The first-order valence-corrected chi connectivity index (χ1v) is 9.83. The summed E-state index contributed by atoms with van der Waals surface area (Å²) < 4.78 is 1.94. The largest absolute Gasteiger partial charge is 0.338 e. The molecule has 0 spiro atoms. The van der Waals surface area contributed by atoms with Gasteiger partial charge in [-0.2, -0.15) is 0 Å². The zero-order valence-corrected chi connectivity index (χ0v) is 16.0. The van der Waals surface area contributed by atoms with E-state index in [1.54, 1.807) is 12.5 Å². The van der Waals surface area contributed by atoms with Crippen LogP contribution in [-0.4, -0.2) is 51.9 Å². The van der Waals surface area contributed by atoms with Crippen LogP contribution in [0.2, 0.25) is 0 Å². The molecule has 5 nitrogen and oxygen atoms in total. The molecule has 3 heterocycles. The van der Waals surface area contributed by atoms with E-state index in [1.807, 2.05) is 39.9 Å². The van der Waals surface area contributed by atoms with Gasteiger partial charge in [-0.3, -0.25) is 9.69 Å². The van der Waals surface area contributed by atoms with Crippen molar-refractivity contribution in [2.75, 3.05) is 26.7 Å². The lowest BCUT2D eigenvalue weighted by Gasteiger charge is -2.27. The Morgan fingerprint density at radius 1 is 1.00 bits per heavy atom. The van der Waals surface area contributed by atoms with Gasteiger partial charge in [0.25, 0.3) is 5.91 Å². The first kappa shape index (κ1) is 17.2. The maximum absolute atomic E-state index is 13.1. The summed E-state index contributed by atoms with van der Waals surface area (Å²) in [6, 6.07) is 18.9. The Morgan fingerprint density at radius 2 is 1.79 bits per heavy atom. The van der Waals surface area contributed by atoms with E-state index in [1.165, 1.54) is 5.56 Å². The highest BCUT2D eigenvalue weighted by molar-refractivity contribution is 5.94. The minimum atomic E-state index is 0.140. The zero-order chi connectivity index (χ0) is 19.1. The number of likely N-dealkylation sites (tertiary alicyclic amines) is 2. The number of nitrogens with zero attached hydrogens (tertiary/aromatic N) is 4. The maximum atomic E-state index is 13.1. The monoisotopic (exact) mass is 372 g/mol. The molecule has 2 fully saturated rings. The van der Waals surface area contributed by atoms with E-state index in [0.717, 1.165) is 30.9 Å². The summed E-state index contributed by atoms with van der Waals surface area (Å²) in [5.41, 5.74) is 3.13. The summed E-state index contributed by atoms with van der Waals surface area (Å²) in [5.74, 6) is 1.19.